The molecule has 0 heterocycles. The summed E-state index contributed by atoms with van der Waals surface area (Å²) in [6, 6.07) is 14.3. The molecule has 214 valence electrons. The Bertz CT molecular complexity index is 1210. The van der Waals surface area contributed by atoms with E-state index in [9.17, 15) is 18.0 Å². The highest BCUT2D eigenvalue weighted by Gasteiger charge is 2.30. The minimum absolute atomic E-state index is 0.120. The van der Waals surface area contributed by atoms with Gasteiger partial charge in [-0.3, -0.25) is 13.9 Å². The Morgan fingerprint density at radius 2 is 1.79 bits per heavy atom. The molecule has 0 aromatic heterocycles. The monoisotopic (exact) mass is 557 g/mol. The second-order valence-corrected chi connectivity index (χ2v) is 12.3. The van der Waals surface area contributed by atoms with Crippen molar-refractivity contribution in [1.29, 1.82) is 0 Å². The number of methoxy groups -OCH3 is 1. The van der Waals surface area contributed by atoms with Gasteiger partial charge in [-0.25, -0.2) is 8.42 Å². The summed E-state index contributed by atoms with van der Waals surface area (Å²) in [5.41, 5.74) is 2.32. The third-order valence-corrected chi connectivity index (χ3v) is 8.54. The molecule has 1 aliphatic rings. The normalized spacial score (nSPS) is 14.9. The number of rotatable bonds is 13. The van der Waals surface area contributed by atoms with E-state index in [1.807, 2.05) is 50.2 Å². The van der Waals surface area contributed by atoms with Gasteiger partial charge in [-0.05, 0) is 61.9 Å². The predicted molar refractivity (Wildman–Crippen MR) is 155 cm³/mol. The van der Waals surface area contributed by atoms with Gasteiger partial charge in [-0.1, -0.05) is 56.5 Å². The lowest BCUT2D eigenvalue weighted by atomic mass is 9.95. The number of benzene rings is 2. The summed E-state index contributed by atoms with van der Waals surface area (Å²) in [4.78, 5) is 28.7. The Labute approximate surface area is 233 Å². The van der Waals surface area contributed by atoms with Gasteiger partial charge in [0.15, 0.2) is 0 Å². The van der Waals surface area contributed by atoms with Crippen molar-refractivity contribution in [2.75, 3.05) is 24.2 Å². The van der Waals surface area contributed by atoms with Gasteiger partial charge in [0.25, 0.3) is 0 Å². The maximum absolute atomic E-state index is 13.7. The Balaban J connectivity index is 1.78. The second-order valence-electron chi connectivity index (χ2n) is 10.4. The highest BCUT2D eigenvalue weighted by atomic mass is 32.2. The van der Waals surface area contributed by atoms with Crippen molar-refractivity contribution in [2.24, 2.45) is 0 Å². The van der Waals surface area contributed by atoms with E-state index in [0.29, 0.717) is 24.3 Å². The van der Waals surface area contributed by atoms with Gasteiger partial charge < -0.3 is 15.0 Å². The van der Waals surface area contributed by atoms with Crippen molar-refractivity contribution in [3.8, 4) is 5.75 Å². The number of ether oxygens (including phenoxy) is 1. The van der Waals surface area contributed by atoms with Crippen LogP contribution in [0.1, 0.15) is 69.4 Å². The Morgan fingerprint density at radius 3 is 2.44 bits per heavy atom. The number of carbonyl (C=O) groups excluding carboxylic acids is 2. The maximum atomic E-state index is 13.7. The third kappa shape index (κ3) is 8.71. The number of amides is 2. The van der Waals surface area contributed by atoms with Crippen molar-refractivity contribution in [2.45, 2.75) is 83.8 Å². The number of carbonyl (C=O) groups is 2. The van der Waals surface area contributed by atoms with Crippen molar-refractivity contribution < 1.29 is 22.7 Å². The predicted octanol–water partition coefficient (Wildman–Crippen LogP) is 4.81. The molecular formula is C30H43N3O5S. The number of nitrogens with zero attached hydrogens (tertiary/aromatic N) is 2. The smallest absolute Gasteiger partial charge is 0.243 e. The number of para-hydroxylation sites is 1. The van der Waals surface area contributed by atoms with Crippen LogP contribution in [-0.2, 0) is 26.2 Å². The third-order valence-electron chi connectivity index (χ3n) is 7.36. The lowest BCUT2D eigenvalue weighted by Gasteiger charge is -2.33. The zero-order chi connectivity index (χ0) is 28.4. The summed E-state index contributed by atoms with van der Waals surface area (Å²) in [6.07, 6.45) is 7.43. The molecule has 8 nitrogen and oxygen atoms in total. The lowest BCUT2D eigenvalue weighted by Crippen LogP contribution is -2.51. The van der Waals surface area contributed by atoms with Crippen LogP contribution in [0, 0.1) is 6.92 Å². The molecule has 39 heavy (non-hydrogen) atoms. The molecule has 3 rings (SSSR count). The lowest BCUT2D eigenvalue weighted by molar-refractivity contribution is -0.141. The van der Waals surface area contributed by atoms with Crippen LogP contribution in [0.15, 0.2) is 48.5 Å². The van der Waals surface area contributed by atoms with Crippen molar-refractivity contribution in [1.82, 2.24) is 10.2 Å². The SMILES string of the molecule is CCC(C(=O)NC1CCCCC1)N(Cc1cccc(OC)c1)C(=O)CCCN(c1ccccc1C)S(C)(=O)=O. The molecule has 9 heteroatoms. The minimum atomic E-state index is -3.54. The fourth-order valence-corrected chi connectivity index (χ4v) is 6.28. The van der Waals surface area contributed by atoms with Crippen molar-refractivity contribution >= 4 is 27.5 Å². The zero-order valence-electron chi connectivity index (χ0n) is 23.7. The highest BCUT2D eigenvalue weighted by Crippen LogP contribution is 2.24. The Hall–Kier alpha value is -3.07. The Kier molecular flexibility index (Phi) is 11.2. The van der Waals surface area contributed by atoms with Crippen LogP contribution in [0.5, 0.6) is 5.75 Å². The first-order valence-corrected chi connectivity index (χ1v) is 15.7. The van der Waals surface area contributed by atoms with Crippen LogP contribution in [0.4, 0.5) is 5.69 Å². The quantitative estimate of drug-likeness (QED) is 0.382. The van der Waals surface area contributed by atoms with Crippen molar-refractivity contribution in [3.05, 3.63) is 59.7 Å². The van der Waals surface area contributed by atoms with E-state index in [1.165, 1.54) is 17.0 Å². The summed E-state index contributed by atoms with van der Waals surface area (Å²) in [5.74, 6) is 0.377. The summed E-state index contributed by atoms with van der Waals surface area (Å²) in [5, 5.41) is 3.19. The van der Waals surface area contributed by atoms with E-state index < -0.39 is 16.1 Å². The summed E-state index contributed by atoms with van der Waals surface area (Å²) >= 11 is 0. The molecule has 1 fully saturated rings. The first-order chi connectivity index (χ1) is 18.6. The topological polar surface area (TPSA) is 96.0 Å². The van der Waals surface area contributed by atoms with Gasteiger partial charge in [0, 0.05) is 25.6 Å². The first-order valence-electron chi connectivity index (χ1n) is 13.9. The van der Waals surface area contributed by atoms with Crippen molar-refractivity contribution in [3.63, 3.8) is 0 Å². The van der Waals surface area contributed by atoms with Crippen LogP contribution in [0.2, 0.25) is 0 Å². The van der Waals surface area contributed by atoms with Crippen LogP contribution in [0.3, 0.4) is 0 Å². The second kappa shape index (κ2) is 14.4. The molecule has 1 atom stereocenters. The van der Waals surface area contributed by atoms with Gasteiger partial charge >= 0.3 is 0 Å². The molecule has 0 saturated heterocycles. The molecule has 1 unspecified atom stereocenters. The van der Waals surface area contributed by atoms with E-state index in [1.54, 1.807) is 24.1 Å². The van der Waals surface area contributed by atoms with Gasteiger partial charge in [0.1, 0.15) is 11.8 Å². The van der Waals surface area contributed by atoms with Crippen LogP contribution < -0.4 is 14.4 Å². The first kappa shape index (κ1) is 30.5. The largest absolute Gasteiger partial charge is 0.497 e. The van der Waals surface area contributed by atoms with E-state index in [0.717, 1.165) is 36.8 Å². The standard InChI is InChI=1S/C30H43N3O5S/c1-5-27(30(35)31-25-15-7-6-8-16-25)32(22-24-14-11-17-26(21-24)38-3)29(34)19-12-20-33(39(4,36)37)28-18-10-9-13-23(28)2/h9-11,13-14,17-18,21,25,27H,5-8,12,15-16,19-20,22H2,1-4H3,(H,31,35). The molecule has 0 aliphatic heterocycles. The number of hydrogen-bond acceptors (Lipinski definition) is 5. The molecule has 0 spiro atoms. The number of nitrogens with one attached hydrogen (secondary N) is 1. The van der Waals surface area contributed by atoms with Gasteiger partial charge in [-0.2, -0.15) is 0 Å². The number of sulfonamides is 1. The van der Waals surface area contributed by atoms with Crippen LogP contribution in [0.25, 0.3) is 0 Å². The molecular weight excluding hydrogens is 514 g/mol. The number of hydrogen-bond donors (Lipinski definition) is 1. The number of aryl methyl sites for hydroxylation is 1. The molecule has 2 amide bonds. The minimum Gasteiger partial charge on any atom is -0.497 e. The fraction of sp³-hybridized carbons (Fsp3) is 0.533. The molecule has 0 radical (unpaired) electrons. The molecule has 2 aromatic rings. The average molecular weight is 558 g/mol. The average Bonchev–Trinajstić information content (AvgIpc) is 2.91. The van der Waals surface area contributed by atoms with Gasteiger partial charge in [0.2, 0.25) is 21.8 Å². The summed E-state index contributed by atoms with van der Waals surface area (Å²) in [7, 11) is -1.94. The summed E-state index contributed by atoms with van der Waals surface area (Å²) in [6.45, 7) is 4.22. The molecule has 1 aliphatic carbocycles. The number of anilines is 1. The van der Waals surface area contributed by atoms with Gasteiger partial charge in [-0.15, -0.1) is 0 Å². The highest BCUT2D eigenvalue weighted by molar-refractivity contribution is 7.92. The summed E-state index contributed by atoms with van der Waals surface area (Å²) < 4.78 is 31.9. The zero-order valence-corrected chi connectivity index (χ0v) is 24.5. The molecule has 1 saturated carbocycles. The molecule has 1 N–H and O–H groups in total. The van der Waals surface area contributed by atoms with E-state index >= 15 is 0 Å². The van der Waals surface area contributed by atoms with Crippen LogP contribution >= 0.6 is 0 Å². The van der Waals surface area contributed by atoms with E-state index in [4.69, 9.17) is 4.74 Å². The van der Waals surface area contributed by atoms with E-state index in [2.05, 4.69) is 5.32 Å². The Morgan fingerprint density at radius 1 is 1.08 bits per heavy atom. The van der Waals surface area contributed by atoms with Crippen LogP contribution in [-0.4, -0.2) is 57.1 Å². The van der Waals surface area contributed by atoms with E-state index in [-0.39, 0.29) is 37.4 Å². The maximum Gasteiger partial charge on any atom is 0.243 e. The van der Waals surface area contributed by atoms with Gasteiger partial charge in [0.05, 0.1) is 19.1 Å². The molecule has 2 aromatic carbocycles. The molecule has 0 bridgehead atoms. The fourth-order valence-electron chi connectivity index (χ4n) is 5.26.